The molecule has 2 aromatic heterocycles. The topological polar surface area (TPSA) is 60.2 Å². The van der Waals surface area contributed by atoms with Crippen LogP contribution in [0.2, 0.25) is 0 Å². The lowest BCUT2D eigenvalue weighted by atomic mass is 10.2. The summed E-state index contributed by atoms with van der Waals surface area (Å²) in [5, 5.41) is 16.6. The van der Waals surface area contributed by atoms with Gasteiger partial charge in [0.1, 0.15) is 5.75 Å². The van der Waals surface area contributed by atoms with Crippen LogP contribution in [-0.4, -0.2) is 27.0 Å². The number of benzene rings is 1. The minimum Gasteiger partial charge on any atom is -0.497 e. The second kappa shape index (κ2) is 4.97. The highest BCUT2D eigenvalue weighted by molar-refractivity contribution is 7.12. The molecule has 0 saturated carbocycles. The first-order valence-electron chi connectivity index (χ1n) is 6.03. The molecule has 0 unspecified atom stereocenters. The van der Waals surface area contributed by atoms with E-state index >= 15 is 0 Å². The van der Waals surface area contributed by atoms with Crippen LogP contribution in [0.4, 0.5) is 0 Å². The monoisotopic (exact) mass is 287 g/mol. The Morgan fingerprint density at radius 1 is 1.30 bits per heavy atom. The van der Waals surface area contributed by atoms with E-state index < -0.39 is 0 Å². The molecule has 0 aliphatic carbocycles. The second-order valence-corrected chi connectivity index (χ2v) is 5.14. The van der Waals surface area contributed by atoms with E-state index in [0.29, 0.717) is 5.13 Å². The van der Waals surface area contributed by atoms with Crippen molar-refractivity contribution in [3.63, 3.8) is 0 Å². The molecule has 0 fully saturated rings. The Labute approximate surface area is 120 Å². The molecule has 0 amide bonds. The van der Waals surface area contributed by atoms with E-state index in [-0.39, 0.29) is 5.88 Å². The van der Waals surface area contributed by atoms with E-state index in [2.05, 4.69) is 10.1 Å². The Balaban J connectivity index is 1.99. The van der Waals surface area contributed by atoms with E-state index in [0.717, 1.165) is 22.7 Å². The Morgan fingerprint density at radius 3 is 2.85 bits per heavy atom. The molecule has 0 spiro atoms. The minimum absolute atomic E-state index is 0.0917. The van der Waals surface area contributed by atoms with E-state index in [9.17, 15) is 5.11 Å². The number of aromatic nitrogens is 3. The van der Waals surface area contributed by atoms with Crippen molar-refractivity contribution in [2.45, 2.75) is 6.92 Å². The van der Waals surface area contributed by atoms with E-state index in [1.165, 1.54) is 16.0 Å². The summed E-state index contributed by atoms with van der Waals surface area (Å²) in [5.74, 6) is 0.879. The first-order valence-corrected chi connectivity index (χ1v) is 6.91. The van der Waals surface area contributed by atoms with Crippen molar-refractivity contribution in [1.29, 1.82) is 0 Å². The van der Waals surface area contributed by atoms with Crippen molar-refractivity contribution < 1.29 is 9.84 Å². The predicted octanol–water partition coefficient (Wildman–Crippen LogP) is 3.02. The van der Waals surface area contributed by atoms with Gasteiger partial charge in [0.15, 0.2) is 0 Å². The summed E-state index contributed by atoms with van der Waals surface area (Å²) in [6, 6.07) is 9.30. The zero-order valence-electron chi connectivity index (χ0n) is 11.1. The molecular weight excluding hydrogens is 274 g/mol. The number of nitrogens with zero attached hydrogens (tertiary/aromatic N) is 3. The lowest BCUT2D eigenvalue weighted by Gasteiger charge is -2.01. The van der Waals surface area contributed by atoms with Gasteiger partial charge in [-0.05, 0) is 19.1 Å². The summed E-state index contributed by atoms with van der Waals surface area (Å²) >= 11 is 1.43. The van der Waals surface area contributed by atoms with Crippen LogP contribution in [-0.2, 0) is 0 Å². The molecule has 1 N–H and O–H groups in total. The van der Waals surface area contributed by atoms with Crippen molar-refractivity contribution >= 4 is 11.3 Å². The van der Waals surface area contributed by atoms with Gasteiger partial charge in [-0.25, -0.2) is 4.98 Å². The summed E-state index contributed by atoms with van der Waals surface area (Å²) in [4.78, 5) is 4.50. The maximum Gasteiger partial charge on any atom is 0.216 e. The first-order chi connectivity index (χ1) is 9.67. The molecule has 20 heavy (non-hydrogen) atoms. The van der Waals surface area contributed by atoms with Crippen molar-refractivity contribution in [3.8, 4) is 28.0 Å². The summed E-state index contributed by atoms with van der Waals surface area (Å²) in [5.41, 5.74) is 2.55. The van der Waals surface area contributed by atoms with E-state index in [1.54, 1.807) is 13.2 Å². The van der Waals surface area contributed by atoms with Crippen molar-refractivity contribution in [3.05, 3.63) is 41.4 Å². The third-order valence-corrected chi connectivity index (χ3v) is 3.67. The van der Waals surface area contributed by atoms with E-state index in [1.807, 2.05) is 36.6 Å². The van der Waals surface area contributed by atoms with Gasteiger partial charge in [0.2, 0.25) is 11.0 Å². The molecule has 1 aromatic carbocycles. The Bertz CT molecular complexity index is 748. The molecule has 0 bridgehead atoms. The van der Waals surface area contributed by atoms with Crippen LogP contribution in [0.5, 0.6) is 11.6 Å². The lowest BCUT2D eigenvalue weighted by Crippen LogP contribution is -1.95. The molecule has 3 aromatic rings. The van der Waals surface area contributed by atoms with Gasteiger partial charge >= 0.3 is 0 Å². The minimum atomic E-state index is 0.0917. The van der Waals surface area contributed by atoms with Gasteiger partial charge in [0.25, 0.3) is 0 Å². The molecule has 0 atom stereocenters. The Hall–Kier alpha value is -2.34. The zero-order chi connectivity index (χ0) is 14.1. The van der Waals surface area contributed by atoms with Gasteiger partial charge in [-0.3, -0.25) is 0 Å². The molecule has 0 saturated heterocycles. The number of hydrogen-bond acceptors (Lipinski definition) is 5. The number of aromatic hydroxyl groups is 1. The summed E-state index contributed by atoms with van der Waals surface area (Å²) in [6.45, 7) is 1.83. The van der Waals surface area contributed by atoms with Gasteiger partial charge in [0.05, 0.1) is 18.5 Å². The van der Waals surface area contributed by atoms with Gasteiger partial charge in [-0.15, -0.1) is 11.3 Å². The average Bonchev–Trinajstić information content (AvgIpc) is 3.05. The van der Waals surface area contributed by atoms with Gasteiger partial charge < -0.3 is 9.84 Å². The second-order valence-electron chi connectivity index (χ2n) is 4.30. The van der Waals surface area contributed by atoms with Crippen LogP contribution < -0.4 is 4.74 Å². The standard InChI is InChI=1S/C14H13N3O2S/c1-9-6-13(18)17(16-9)14-15-12(8-20-14)10-4-3-5-11(7-10)19-2/h3-8,18H,1-2H3. The number of hydrogen-bond donors (Lipinski definition) is 1. The summed E-state index contributed by atoms with van der Waals surface area (Å²) in [6.07, 6.45) is 0. The number of aryl methyl sites for hydroxylation is 1. The SMILES string of the molecule is COc1cccc(-c2csc(-n3nc(C)cc3O)n2)c1. The van der Waals surface area contributed by atoms with Crippen molar-refractivity contribution in [2.75, 3.05) is 7.11 Å². The summed E-state index contributed by atoms with van der Waals surface area (Å²) in [7, 11) is 1.64. The van der Waals surface area contributed by atoms with Crippen LogP contribution >= 0.6 is 11.3 Å². The molecule has 0 aliphatic heterocycles. The van der Waals surface area contributed by atoms with Crippen LogP contribution in [0.1, 0.15) is 5.69 Å². The molecule has 2 heterocycles. The third kappa shape index (κ3) is 2.25. The highest BCUT2D eigenvalue weighted by atomic mass is 32.1. The molecule has 0 radical (unpaired) electrons. The highest BCUT2D eigenvalue weighted by Gasteiger charge is 2.11. The number of ether oxygens (including phenoxy) is 1. The Morgan fingerprint density at radius 2 is 2.15 bits per heavy atom. The molecule has 5 nitrogen and oxygen atoms in total. The van der Waals surface area contributed by atoms with Gasteiger partial charge in [-0.1, -0.05) is 12.1 Å². The average molecular weight is 287 g/mol. The molecular formula is C14H13N3O2S. The van der Waals surface area contributed by atoms with Crippen LogP contribution in [0.3, 0.4) is 0 Å². The van der Waals surface area contributed by atoms with Crippen molar-refractivity contribution in [2.24, 2.45) is 0 Å². The highest BCUT2D eigenvalue weighted by Crippen LogP contribution is 2.28. The maximum absolute atomic E-state index is 9.79. The molecule has 6 heteroatoms. The number of thiazole rings is 1. The lowest BCUT2D eigenvalue weighted by molar-refractivity contribution is 0.415. The van der Waals surface area contributed by atoms with Gasteiger partial charge in [0, 0.05) is 17.0 Å². The molecule has 102 valence electrons. The van der Waals surface area contributed by atoms with Crippen LogP contribution in [0.15, 0.2) is 35.7 Å². The van der Waals surface area contributed by atoms with Crippen LogP contribution in [0.25, 0.3) is 16.4 Å². The smallest absolute Gasteiger partial charge is 0.216 e. The maximum atomic E-state index is 9.79. The van der Waals surface area contributed by atoms with E-state index in [4.69, 9.17) is 4.74 Å². The van der Waals surface area contributed by atoms with Crippen molar-refractivity contribution in [1.82, 2.24) is 14.8 Å². The normalized spacial score (nSPS) is 10.7. The fraction of sp³-hybridized carbons (Fsp3) is 0.143. The number of methoxy groups -OCH3 is 1. The van der Waals surface area contributed by atoms with Gasteiger partial charge in [-0.2, -0.15) is 9.78 Å². The number of rotatable bonds is 3. The van der Waals surface area contributed by atoms with Crippen LogP contribution in [0, 0.1) is 6.92 Å². The zero-order valence-corrected chi connectivity index (χ0v) is 11.9. The summed E-state index contributed by atoms with van der Waals surface area (Å²) < 4.78 is 6.64. The molecule has 3 rings (SSSR count). The predicted molar refractivity (Wildman–Crippen MR) is 77.6 cm³/mol. The Kier molecular flexibility index (Phi) is 3.15. The fourth-order valence-corrected chi connectivity index (χ4v) is 2.69. The third-order valence-electron chi connectivity index (χ3n) is 2.85. The quantitative estimate of drug-likeness (QED) is 0.804. The largest absolute Gasteiger partial charge is 0.497 e. The fourth-order valence-electron chi connectivity index (χ4n) is 1.90. The molecule has 0 aliphatic rings. The first kappa shape index (κ1) is 12.7.